The van der Waals surface area contributed by atoms with Crippen molar-refractivity contribution >= 4 is 21.6 Å². The largest absolute Gasteiger partial charge is 0.476 e. The highest BCUT2D eigenvalue weighted by Crippen LogP contribution is 2.48. The Morgan fingerprint density at radius 3 is 1.92 bits per heavy atom. The molecule has 2 heterocycles. The smallest absolute Gasteiger partial charge is 0.336 e. The topological polar surface area (TPSA) is 100 Å². The molecule has 9 heteroatoms. The van der Waals surface area contributed by atoms with Crippen LogP contribution >= 0.6 is 0 Å². The number of carbonyl (C=O) groups excluding carboxylic acids is 1. The fourth-order valence-electron chi connectivity index (χ4n) is 8.24. The molecule has 4 aromatic carbocycles. The Hall–Kier alpha value is -4.89. The molecule has 8 nitrogen and oxygen atoms in total. The van der Waals surface area contributed by atoms with Gasteiger partial charge in [-0.1, -0.05) is 111 Å². The molecule has 3 aliphatic rings. The summed E-state index contributed by atoms with van der Waals surface area (Å²) in [5.74, 6) is 0.276. The summed E-state index contributed by atoms with van der Waals surface area (Å²) in [5, 5.41) is 7.97. The van der Waals surface area contributed by atoms with E-state index in [0.717, 1.165) is 61.8 Å². The zero-order chi connectivity index (χ0) is 34.5. The minimum Gasteiger partial charge on any atom is -0.476 e. The number of fused-ring (bicyclic) bond motifs is 3. The third-order valence-corrected chi connectivity index (χ3v) is 12.9. The van der Waals surface area contributed by atoms with Crippen molar-refractivity contribution < 1.29 is 13.7 Å². The molecule has 0 saturated carbocycles. The van der Waals surface area contributed by atoms with Gasteiger partial charge in [0.25, 0.3) is 0 Å². The summed E-state index contributed by atoms with van der Waals surface area (Å²) < 4.78 is 35.3. The number of benzene rings is 4. The van der Waals surface area contributed by atoms with Gasteiger partial charge in [-0.05, 0) is 83.9 Å². The number of amides is 2. The van der Waals surface area contributed by atoms with Crippen LogP contribution in [0.1, 0.15) is 72.1 Å². The van der Waals surface area contributed by atoms with Gasteiger partial charge in [0.15, 0.2) is 9.92 Å². The van der Waals surface area contributed by atoms with Crippen LogP contribution in [0, 0.1) is 10.2 Å². The fourth-order valence-corrected chi connectivity index (χ4v) is 10.0. The van der Waals surface area contributed by atoms with E-state index in [1.165, 1.54) is 21.6 Å². The first-order valence-corrected chi connectivity index (χ1v) is 19.2. The van der Waals surface area contributed by atoms with E-state index in [-0.39, 0.29) is 16.2 Å². The lowest BCUT2D eigenvalue weighted by molar-refractivity contribution is 0.0782. The average Bonchev–Trinajstić information content (AvgIpc) is 3.92. The second-order valence-corrected chi connectivity index (χ2v) is 16.1. The van der Waals surface area contributed by atoms with Crippen molar-refractivity contribution in [3.05, 3.63) is 142 Å². The van der Waals surface area contributed by atoms with Crippen LogP contribution in [0.3, 0.4) is 0 Å². The Morgan fingerprint density at radius 2 is 1.42 bits per heavy atom. The van der Waals surface area contributed by atoms with Crippen LogP contribution in [0.25, 0.3) is 0 Å². The van der Waals surface area contributed by atoms with Crippen LogP contribution in [0.2, 0.25) is 0 Å². The molecule has 2 unspecified atom stereocenters. The van der Waals surface area contributed by atoms with E-state index in [9.17, 15) is 4.78 Å². The number of ether oxygens (including phenoxy) is 1. The molecular weight excluding hydrogens is 643 g/mol. The van der Waals surface area contributed by atoms with Gasteiger partial charge in [-0.15, -0.1) is 0 Å². The number of urea groups is 1. The lowest BCUT2D eigenvalue weighted by Gasteiger charge is -2.45. The van der Waals surface area contributed by atoms with Crippen LogP contribution in [0.4, 0.5) is 10.5 Å². The SMILES string of the molecule is CCC1(C)COc2c(S(=N)(=O)N(C(=O)Nc3c4c(cc5c3CCC5)CCC4)C(c3ccccc3)(c3ccccc3)c3ccccc3)cnn2C1. The van der Waals surface area contributed by atoms with Crippen molar-refractivity contribution in [3.63, 3.8) is 0 Å². The molecule has 2 amide bonds. The minimum atomic E-state index is -4.18. The summed E-state index contributed by atoms with van der Waals surface area (Å²) in [6.07, 6.45) is 8.09. The third-order valence-electron chi connectivity index (χ3n) is 11.0. The molecule has 0 bridgehead atoms. The monoisotopic (exact) mass is 685 g/mol. The predicted molar refractivity (Wildman–Crippen MR) is 196 cm³/mol. The molecule has 2 aliphatic carbocycles. The Bertz CT molecular complexity index is 2040. The Balaban J connectivity index is 1.40. The maximum atomic E-state index is 15.9. The molecule has 0 fully saturated rings. The van der Waals surface area contributed by atoms with E-state index in [0.29, 0.717) is 29.8 Å². The number of rotatable bonds is 8. The second kappa shape index (κ2) is 12.5. The Morgan fingerprint density at radius 1 is 0.900 bits per heavy atom. The number of hydrogen-bond donors (Lipinski definition) is 2. The Kier molecular flexibility index (Phi) is 8.06. The van der Waals surface area contributed by atoms with Crippen LogP contribution in [-0.2, 0) is 47.7 Å². The van der Waals surface area contributed by atoms with Crippen molar-refractivity contribution in [2.45, 2.75) is 75.8 Å². The van der Waals surface area contributed by atoms with E-state index < -0.39 is 21.5 Å². The summed E-state index contributed by atoms with van der Waals surface area (Å²) in [7, 11) is -4.18. The summed E-state index contributed by atoms with van der Waals surface area (Å²) in [6, 6.07) is 30.7. The van der Waals surface area contributed by atoms with E-state index in [1.54, 1.807) is 4.68 Å². The number of hydrogen-bond acceptors (Lipinski definition) is 5. The third kappa shape index (κ3) is 5.13. The van der Waals surface area contributed by atoms with Crippen LogP contribution < -0.4 is 10.1 Å². The van der Waals surface area contributed by atoms with Gasteiger partial charge in [0.05, 0.1) is 19.3 Å². The van der Waals surface area contributed by atoms with Crippen LogP contribution in [-0.4, -0.2) is 30.9 Å². The zero-order valence-electron chi connectivity index (χ0n) is 28.7. The molecule has 256 valence electrons. The van der Waals surface area contributed by atoms with E-state index in [4.69, 9.17) is 4.74 Å². The number of carbonyl (C=O) groups is 1. The van der Waals surface area contributed by atoms with Gasteiger partial charge in [-0.2, -0.15) is 5.10 Å². The normalized spacial score (nSPS) is 19.1. The number of aromatic nitrogens is 2. The quantitative estimate of drug-likeness (QED) is 0.160. The summed E-state index contributed by atoms with van der Waals surface area (Å²) in [6.45, 7) is 5.21. The molecule has 50 heavy (non-hydrogen) atoms. The maximum absolute atomic E-state index is 15.9. The highest BCUT2D eigenvalue weighted by molar-refractivity contribution is 7.90. The van der Waals surface area contributed by atoms with Gasteiger partial charge in [-0.25, -0.2) is 22.8 Å². The van der Waals surface area contributed by atoms with Crippen molar-refractivity contribution in [1.29, 1.82) is 4.78 Å². The van der Waals surface area contributed by atoms with Crippen molar-refractivity contribution in [3.8, 4) is 5.88 Å². The number of nitrogens with zero attached hydrogens (tertiary/aromatic N) is 3. The zero-order valence-corrected chi connectivity index (χ0v) is 29.5. The number of anilines is 1. The molecule has 2 atom stereocenters. The fraction of sp³-hybridized carbons (Fsp3) is 0.317. The van der Waals surface area contributed by atoms with Gasteiger partial charge in [-0.3, -0.25) is 0 Å². The lowest BCUT2D eigenvalue weighted by Crippen LogP contribution is -2.55. The first-order valence-electron chi connectivity index (χ1n) is 17.7. The number of nitrogens with one attached hydrogen (secondary N) is 2. The minimum absolute atomic E-state index is 0.0847. The Labute approximate surface area is 294 Å². The molecular formula is C41H43N5O3S. The molecule has 1 aromatic heterocycles. The average molecular weight is 686 g/mol. The summed E-state index contributed by atoms with van der Waals surface area (Å²) in [5.41, 5.74) is 6.16. The van der Waals surface area contributed by atoms with Gasteiger partial charge in [0.2, 0.25) is 5.88 Å². The molecule has 0 saturated heterocycles. The van der Waals surface area contributed by atoms with Crippen molar-refractivity contribution in [1.82, 2.24) is 14.1 Å². The first-order chi connectivity index (χ1) is 24.3. The molecule has 0 spiro atoms. The van der Waals surface area contributed by atoms with Gasteiger partial charge < -0.3 is 10.1 Å². The molecule has 5 aromatic rings. The maximum Gasteiger partial charge on any atom is 0.336 e. The summed E-state index contributed by atoms with van der Waals surface area (Å²) in [4.78, 5) is 15.7. The molecule has 2 N–H and O–H groups in total. The van der Waals surface area contributed by atoms with Crippen molar-refractivity contribution in [2.24, 2.45) is 5.41 Å². The highest BCUT2D eigenvalue weighted by atomic mass is 32.2. The van der Waals surface area contributed by atoms with Gasteiger partial charge in [0, 0.05) is 11.1 Å². The van der Waals surface area contributed by atoms with Gasteiger partial charge in [0.1, 0.15) is 10.4 Å². The van der Waals surface area contributed by atoms with E-state index >= 15 is 9.00 Å². The first kappa shape index (κ1) is 32.3. The van der Waals surface area contributed by atoms with Gasteiger partial charge >= 0.3 is 6.03 Å². The lowest BCUT2D eigenvalue weighted by atomic mass is 9.77. The molecule has 8 rings (SSSR count). The highest BCUT2D eigenvalue weighted by Gasteiger charge is 2.52. The number of aryl methyl sites for hydroxylation is 2. The van der Waals surface area contributed by atoms with E-state index in [1.807, 2.05) is 91.0 Å². The van der Waals surface area contributed by atoms with E-state index in [2.05, 4.69) is 30.3 Å². The van der Waals surface area contributed by atoms with Crippen LogP contribution in [0.15, 0.2) is 108 Å². The molecule has 0 radical (unpaired) electrons. The van der Waals surface area contributed by atoms with Crippen LogP contribution in [0.5, 0.6) is 5.88 Å². The van der Waals surface area contributed by atoms with Crippen molar-refractivity contribution in [2.75, 3.05) is 11.9 Å². The summed E-state index contributed by atoms with van der Waals surface area (Å²) >= 11 is 0. The second-order valence-electron chi connectivity index (χ2n) is 14.2. The molecule has 1 aliphatic heterocycles. The predicted octanol–water partition coefficient (Wildman–Crippen LogP) is 8.52. The standard InChI is InChI=1S/C41H43N5O3S/c1-3-40(2)27-45-38(49-28-40)36(26-43-45)50(42,48)46(39(47)44-37-34-23-13-15-29(34)25-30-16-14-24-35(30)37)41(31-17-7-4-8-18-31,32-19-9-5-10-20-32)33-21-11-6-12-22-33/h4-12,17-22,25-26,42H,3,13-16,23-24,27-28H2,1-2H3,(H,44,47).